The van der Waals surface area contributed by atoms with Gasteiger partial charge in [0.15, 0.2) is 0 Å². The Labute approximate surface area is 134 Å². The molecule has 0 radical (unpaired) electrons. The lowest BCUT2D eigenvalue weighted by molar-refractivity contribution is 0.309. The van der Waals surface area contributed by atoms with Gasteiger partial charge in [-0.05, 0) is 35.6 Å². The number of unbranched alkanes of at least 4 members (excludes halogenated alkanes) is 1. The fourth-order valence-corrected chi connectivity index (χ4v) is 2.25. The molecule has 0 heterocycles. The van der Waals surface area contributed by atoms with Crippen LogP contribution in [-0.2, 0) is 6.54 Å². The fourth-order valence-electron chi connectivity index (χ4n) is 2.25. The third-order valence-electron chi connectivity index (χ3n) is 3.74. The molecule has 0 bridgehead atoms. The van der Waals surface area contributed by atoms with Crippen LogP contribution in [-0.4, -0.2) is 6.61 Å². The molecule has 0 saturated heterocycles. The Hall–Kier alpha value is -1.96. The Morgan fingerprint density at radius 3 is 2.50 bits per heavy atom. The molecule has 0 aliphatic heterocycles. The number of ether oxygens (including phenoxy) is 1. The number of hydrogen-bond acceptors (Lipinski definition) is 2. The van der Waals surface area contributed by atoms with Gasteiger partial charge in [-0.15, -0.1) is 0 Å². The van der Waals surface area contributed by atoms with Crippen molar-refractivity contribution >= 4 is 5.69 Å². The van der Waals surface area contributed by atoms with Crippen molar-refractivity contribution in [3.8, 4) is 5.75 Å². The van der Waals surface area contributed by atoms with E-state index in [1.807, 2.05) is 12.1 Å². The van der Waals surface area contributed by atoms with E-state index in [0.717, 1.165) is 37.4 Å². The Bertz CT molecular complexity index is 560. The molecule has 2 nitrogen and oxygen atoms in total. The zero-order valence-corrected chi connectivity index (χ0v) is 13.9. The predicted octanol–water partition coefficient (Wildman–Crippen LogP) is 5.60. The number of anilines is 1. The van der Waals surface area contributed by atoms with Crippen molar-refractivity contribution in [3.63, 3.8) is 0 Å². The molecular weight excluding hydrogens is 270 g/mol. The van der Waals surface area contributed by atoms with Crippen molar-refractivity contribution in [1.82, 2.24) is 0 Å². The lowest BCUT2D eigenvalue weighted by atomic mass is 10.0. The highest BCUT2D eigenvalue weighted by atomic mass is 16.5. The van der Waals surface area contributed by atoms with Crippen LogP contribution in [0, 0.1) is 0 Å². The molecule has 0 spiro atoms. The van der Waals surface area contributed by atoms with Crippen LogP contribution >= 0.6 is 0 Å². The Balaban J connectivity index is 1.89. The summed E-state index contributed by atoms with van der Waals surface area (Å²) in [4.78, 5) is 0. The Morgan fingerprint density at radius 2 is 1.82 bits per heavy atom. The number of benzene rings is 2. The van der Waals surface area contributed by atoms with Gasteiger partial charge in [-0.25, -0.2) is 0 Å². The van der Waals surface area contributed by atoms with Gasteiger partial charge < -0.3 is 10.1 Å². The molecule has 0 atom stereocenters. The molecule has 0 unspecified atom stereocenters. The molecule has 0 aliphatic rings. The second kappa shape index (κ2) is 8.47. The molecule has 0 saturated carbocycles. The summed E-state index contributed by atoms with van der Waals surface area (Å²) < 4.78 is 5.74. The van der Waals surface area contributed by atoms with Crippen molar-refractivity contribution < 1.29 is 4.74 Å². The highest BCUT2D eigenvalue weighted by molar-refractivity contribution is 5.48. The quantitative estimate of drug-likeness (QED) is 0.640. The van der Waals surface area contributed by atoms with Crippen molar-refractivity contribution in [2.45, 2.75) is 46.1 Å². The largest absolute Gasteiger partial charge is 0.494 e. The van der Waals surface area contributed by atoms with Gasteiger partial charge in [-0.1, -0.05) is 57.5 Å². The minimum Gasteiger partial charge on any atom is -0.494 e. The molecule has 0 aromatic heterocycles. The summed E-state index contributed by atoms with van der Waals surface area (Å²) >= 11 is 0. The van der Waals surface area contributed by atoms with E-state index in [9.17, 15) is 0 Å². The van der Waals surface area contributed by atoms with Crippen molar-refractivity contribution in [3.05, 3.63) is 59.7 Å². The van der Waals surface area contributed by atoms with Gasteiger partial charge in [0.2, 0.25) is 0 Å². The maximum absolute atomic E-state index is 5.74. The van der Waals surface area contributed by atoms with E-state index in [2.05, 4.69) is 62.5 Å². The topological polar surface area (TPSA) is 21.3 Å². The molecular formula is C20H27NO. The summed E-state index contributed by atoms with van der Waals surface area (Å²) in [6.07, 6.45) is 2.25. The summed E-state index contributed by atoms with van der Waals surface area (Å²) in [5.41, 5.74) is 3.78. The number of hydrogen-bond donors (Lipinski definition) is 1. The molecule has 118 valence electrons. The van der Waals surface area contributed by atoms with Gasteiger partial charge in [-0.3, -0.25) is 0 Å². The molecule has 0 fully saturated rings. The van der Waals surface area contributed by atoms with Gasteiger partial charge in [0.25, 0.3) is 0 Å². The second-order valence-electron chi connectivity index (χ2n) is 5.98. The summed E-state index contributed by atoms with van der Waals surface area (Å²) in [6, 6.07) is 17.0. The first-order chi connectivity index (χ1) is 10.7. The van der Waals surface area contributed by atoms with Crippen molar-refractivity contribution in [2.75, 3.05) is 11.9 Å². The summed E-state index contributed by atoms with van der Waals surface area (Å²) in [5, 5.41) is 3.46. The average molecular weight is 297 g/mol. The zero-order valence-electron chi connectivity index (χ0n) is 13.9. The first kappa shape index (κ1) is 16.4. The number of rotatable bonds is 8. The summed E-state index contributed by atoms with van der Waals surface area (Å²) in [5.74, 6) is 1.52. The molecule has 1 N–H and O–H groups in total. The normalized spacial score (nSPS) is 10.7. The standard InChI is InChI=1S/C20H27NO/c1-4-5-13-22-20-8-6-7-19(14-20)21-15-17-9-11-18(12-10-17)16(2)3/h6-12,14,16,21H,4-5,13,15H2,1-3H3. The zero-order chi connectivity index (χ0) is 15.8. The van der Waals surface area contributed by atoms with Crippen LogP contribution in [0.2, 0.25) is 0 Å². The molecule has 2 rings (SSSR count). The monoisotopic (exact) mass is 297 g/mol. The lowest BCUT2D eigenvalue weighted by Crippen LogP contribution is -2.01. The first-order valence-electron chi connectivity index (χ1n) is 8.24. The van der Waals surface area contributed by atoms with Crippen LogP contribution < -0.4 is 10.1 Å². The summed E-state index contributed by atoms with van der Waals surface area (Å²) in [6.45, 7) is 8.23. The van der Waals surface area contributed by atoms with Gasteiger partial charge in [0.1, 0.15) is 5.75 Å². The van der Waals surface area contributed by atoms with E-state index >= 15 is 0 Å². The predicted molar refractivity (Wildman–Crippen MR) is 94.7 cm³/mol. The third kappa shape index (κ3) is 5.10. The highest BCUT2D eigenvalue weighted by Crippen LogP contribution is 2.19. The van der Waals surface area contributed by atoms with Crippen LogP contribution in [0.1, 0.15) is 50.7 Å². The fraction of sp³-hybridized carbons (Fsp3) is 0.400. The molecule has 2 aromatic carbocycles. The first-order valence-corrected chi connectivity index (χ1v) is 8.24. The third-order valence-corrected chi connectivity index (χ3v) is 3.74. The molecule has 22 heavy (non-hydrogen) atoms. The Kier molecular flexibility index (Phi) is 6.32. The SMILES string of the molecule is CCCCOc1cccc(NCc2ccc(C(C)C)cc2)c1. The minimum absolute atomic E-state index is 0.582. The van der Waals surface area contributed by atoms with E-state index in [1.165, 1.54) is 11.1 Å². The van der Waals surface area contributed by atoms with Gasteiger partial charge >= 0.3 is 0 Å². The minimum atomic E-state index is 0.582. The van der Waals surface area contributed by atoms with Crippen LogP contribution in [0.5, 0.6) is 5.75 Å². The van der Waals surface area contributed by atoms with E-state index < -0.39 is 0 Å². The maximum Gasteiger partial charge on any atom is 0.121 e. The van der Waals surface area contributed by atoms with Crippen molar-refractivity contribution in [2.24, 2.45) is 0 Å². The average Bonchev–Trinajstić information content (AvgIpc) is 2.54. The Morgan fingerprint density at radius 1 is 1.05 bits per heavy atom. The highest BCUT2D eigenvalue weighted by Gasteiger charge is 2.00. The van der Waals surface area contributed by atoms with E-state index in [1.54, 1.807) is 0 Å². The second-order valence-corrected chi connectivity index (χ2v) is 5.98. The van der Waals surface area contributed by atoms with Crippen LogP contribution in [0.15, 0.2) is 48.5 Å². The molecule has 0 amide bonds. The molecule has 2 aromatic rings. The smallest absolute Gasteiger partial charge is 0.121 e. The summed E-state index contributed by atoms with van der Waals surface area (Å²) in [7, 11) is 0. The lowest BCUT2D eigenvalue weighted by Gasteiger charge is -2.11. The van der Waals surface area contributed by atoms with Gasteiger partial charge in [-0.2, -0.15) is 0 Å². The van der Waals surface area contributed by atoms with Crippen LogP contribution in [0.3, 0.4) is 0 Å². The maximum atomic E-state index is 5.74. The molecule has 0 aliphatic carbocycles. The van der Waals surface area contributed by atoms with E-state index in [0.29, 0.717) is 5.92 Å². The van der Waals surface area contributed by atoms with Gasteiger partial charge in [0, 0.05) is 18.3 Å². The molecule has 2 heteroatoms. The van der Waals surface area contributed by atoms with Crippen molar-refractivity contribution in [1.29, 1.82) is 0 Å². The van der Waals surface area contributed by atoms with E-state index in [-0.39, 0.29) is 0 Å². The van der Waals surface area contributed by atoms with Crippen LogP contribution in [0.25, 0.3) is 0 Å². The van der Waals surface area contributed by atoms with Crippen LogP contribution in [0.4, 0.5) is 5.69 Å². The van der Waals surface area contributed by atoms with E-state index in [4.69, 9.17) is 4.74 Å². The number of nitrogens with one attached hydrogen (secondary N) is 1. The van der Waals surface area contributed by atoms with Gasteiger partial charge in [0.05, 0.1) is 6.61 Å².